The van der Waals surface area contributed by atoms with Gasteiger partial charge >= 0.3 is 0 Å². The molecule has 1 heterocycles. The van der Waals surface area contributed by atoms with E-state index in [1.807, 2.05) is 0 Å². The number of fused-ring (bicyclic) bond motifs is 11. The van der Waals surface area contributed by atoms with Gasteiger partial charge in [-0.3, -0.25) is 0 Å². The van der Waals surface area contributed by atoms with Crippen LogP contribution >= 0.6 is 0 Å². The van der Waals surface area contributed by atoms with E-state index in [0.29, 0.717) is 0 Å². The molecule has 0 saturated carbocycles. The summed E-state index contributed by atoms with van der Waals surface area (Å²) < 4.78 is 6.65. The highest BCUT2D eigenvalue weighted by atomic mass is 16.5. The van der Waals surface area contributed by atoms with Crippen molar-refractivity contribution in [1.82, 2.24) is 0 Å². The molecular formula is C46H33NO. The minimum absolute atomic E-state index is 0.102. The molecule has 1 aliphatic carbocycles. The summed E-state index contributed by atoms with van der Waals surface area (Å²) in [7, 11) is 0. The summed E-state index contributed by atoms with van der Waals surface area (Å²) >= 11 is 0. The Balaban J connectivity index is 1.12. The first-order valence-corrected chi connectivity index (χ1v) is 16.8. The first kappa shape index (κ1) is 27.3. The molecule has 0 spiro atoms. The van der Waals surface area contributed by atoms with Crippen molar-refractivity contribution in [1.29, 1.82) is 0 Å². The SMILES string of the molecule is Cc1ccc2c(c1)N(c1ccc(-c3ccc4c5ccccc5c5ccccc5c4c3)cc1)c1cc3c(cc1O2)-c1ccccc1C3(C)C. The van der Waals surface area contributed by atoms with Crippen LogP contribution in [0.25, 0.3) is 54.6 Å². The van der Waals surface area contributed by atoms with Crippen LogP contribution < -0.4 is 9.64 Å². The number of anilines is 3. The van der Waals surface area contributed by atoms with Gasteiger partial charge in [-0.2, -0.15) is 0 Å². The zero-order chi connectivity index (χ0) is 32.1. The third-order valence-corrected chi connectivity index (χ3v) is 10.7. The van der Waals surface area contributed by atoms with Crippen molar-refractivity contribution < 1.29 is 4.74 Å². The molecule has 0 unspecified atom stereocenters. The highest BCUT2D eigenvalue weighted by Gasteiger charge is 2.38. The summed E-state index contributed by atoms with van der Waals surface area (Å²) in [6.45, 7) is 6.81. The quantitative estimate of drug-likeness (QED) is 0.179. The van der Waals surface area contributed by atoms with Gasteiger partial charge < -0.3 is 9.64 Å². The van der Waals surface area contributed by atoms with Crippen LogP contribution in [-0.2, 0) is 5.41 Å². The highest BCUT2D eigenvalue weighted by molar-refractivity contribution is 6.25. The van der Waals surface area contributed by atoms with Crippen LogP contribution in [-0.4, -0.2) is 0 Å². The smallest absolute Gasteiger partial charge is 0.152 e. The number of hydrogen-bond acceptors (Lipinski definition) is 2. The van der Waals surface area contributed by atoms with Crippen LogP contribution in [0.5, 0.6) is 11.5 Å². The lowest BCUT2D eigenvalue weighted by Gasteiger charge is -2.34. The third-order valence-electron chi connectivity index (χ3n) is 10.7. The van der Waals surface area contributed by atoms with E-state index in [1.54, 1.807) is 0 Å². The first-order chi connectivity index (χ1) is 23.5. The maximum Gasteiger partial charge on any atom is 0.152 e. The average Bonchev–Trinajstić information content (AvgIpc) is 3.35. The fourth-order valence-electron chi connectivity index (χ4n) is 8.28. The van der Waals surface area contributed by atoms with Crippen LogP contribution in [0.4, 0.5) is 17.1 Å². The highest BCUT2D eigenvalue weighted by Crippen LogP contribution is 2.57. The fourth-order valence-corrected chi connectivity index (χ4v) is 8.28. The predicted molar refractivity (Wildman–Crippen MR) is 201 cm³/mol. The molecule has 0 amide bonds. The van der Waals surface area contributed by atoms with Crippen LogP contribution in [0.15, 0.2) is 146 Å². The second-order valence-corrected chi connectivity index (χ2v) is 13.8. The van der Waals surface area contributed by atoms with E-state index in [4.69, 9.17) is 4.74 Å². The van der Waals surface area contributed by atoms with E-state index in [1.165, 1.54) is 71.3 Å². The van der Waals surface area contributed by atoms with Gasteiger partial charge in [-0.05, 0) is 121 Å². The van der Waals surface area contributed by atoms with Gasteiger partial charge in [-0.25, -0.2) is 0 Å². The second-order valence-electron chi connectivity index (χ2n) is 13.8. The molecule has 48 heavy (non-hydrogen) atoms. The second kappa shape index (κ2) is 9.82. The summed E-state index contributed by atoms with van der Waals surface area (Å²) in [6.07, 6.45) is 0. The maximum atomic E-state index is 6.65. The molecule has 0 N–H and O–H groups in total. The number of rotatable bonds is 2. The molecule has 2 aliphatic rings. The summed E-state index contributed by atoms with van der Waals surface area (Å²) in [6, 6.07) is 53.4. The molecule has 0 fully saturated rings. The lowest BCUT2D eigenvalue weighted by Crippen LogP contribution is -2.19. The van der Waals surface area contributed by atoms with Gasteiger partial charge in [0.15, 0.2) is 11.5 Å². The topological polar surface area (TPSA) is 12.5 Å². The number of aryl methyl sites for hydroxylation is 1. The van der Waals surface area contributed by atoms with Crippen molar-refractivity contribution in [2.45, 2.75) is 26.2 Å². The summed E-state index contributed by atoms with van der Waals surface area (Å²) in [5, 5.41) is 7.77. The first-order valence-electron chi connectivity index (χ1n) is 16.8. The Bertz CT molecular complexity index is 2590. The van der Waals surface area contributed by atoms with Crippen molar-refractivity contribution in [2.75, 3.05) is 4.90 Å². The molecule has 10 rings (SSSR count). The molecule has 8 aromatic rings. The van der Waals surface area contributed by atoms with Gasteiger partial charge in [0.05, 0.1) is 11.4 Å². The predicted octanol–water partition coefficient (Wildman–Crippen LogP) is 13.0. The van der Waals surface area contributed by atoms with Crippen molar-refractivity contribution >= 4 is 49.4 Å². The normalized spacial score (nSPS) is 14.0. The van der Waals surface area contributed by atoms with Crippen LogP contribution in [0.3, 0.4) is 0 Å². The third kappa shape index (κ3) is 3.80. The largest absolute Gasteiger partial charge is 0.453 e. The van der Waals surface area contributed by atoms with Crippen LogP contribution in [0.2, 0.25) is 0 Å². The molecule has 0 saturated heterocycles. The minimum atomic E-state index is -0.102. The standard InChI is InChI=1S/C46H33NO/c1-28-16-23-44-42(24-28)47(43-27-41-39(26-45(43)48-44)37-14-8-9-15-40(37)46(41,2)3)31-20-17-29(18-21-31)30-19-22-36-34-12-5-4-10-32(34)33-11-6-7-13-35(33)38(36)25-30/h4-27H,1-3H3. The summed E-state index contributed by atoms with van der Waals surface area (Å²) in [4.78, 5) is 2.38. The van der Waals surface area contributed by atoms with E-state index in [-0.39, 0.29) is 5.41 Å². The molecule has 0 aromatic heterocycles. The fraction of sp³-hybridized carbons (Fsp3) is 0.0870. The van der Waals surface area contributed by atoms with Gasteiger partial charge in [-0.1, -0.05) is 117 Å². The van der Waals surface area contributed by atoms with E-state index in [2.05, 4.69) is 171 Å². The van der Waals surface area contributed by atoms with E-state index >= 15 is 0 Å². The van der Waals surface area contributed by atoms with E-state index in [0.717, 1.165) is 28.6 Å². The van der Waals surface area contributed by atoms with E-state index in [9.17, 15) is 0 Å². The molecule has 2 nitrogen and oxygen atoms in total. The van der Waals surface area contributed by atoms with Crippen LogP contribution in [0, 0.1) is 6.92 Å². The number of benzene rings is 8. The zero-order valence-electron chi connectivity index (χ0n) is 27.2. The molecule has 2 heteroatoms. The molecule has 228 valence electrons. The summed E-state index contributed by atoms with van der Waals surface area (Å²) in [5.74, 6) is 1.76. The summed E-state index contributed by atoms with van der Waals surface area (Å²) in [5.41, 5.74) is 12.0. The lowest BCUT2D eigenvalue weighted by molar-refractivity contribution is 0.476. The maximum absolute atomic E-state index is 6.65. The lowest BCUT2D eigenvalue weighted by atomic mass is 9.82. The van der Waals surface area contributed by atoms with E-state index < -0.39 is 0 Å². The monoisotopic (exact) mass is 615 g/mol. The molecule has 8 aromatic carbocycles. The van der Waals surface area contributed by atoms with Gasteiger partial charge in [0.1, 0.15) is 0 Å². The van der Waals surface area contributed by atoms with Crippen molar-refractivity contribution in [2.24, 2.45) is 0 Å². The van der Waals surface area contributed by atoms with Crippen molar-refractivity contribution in [3.8, 4) is 33.8 Å². The Morgan fingerprint density at radius 3 is 1.79 bits per heavy atom. The molecule has 1 aliphatic heterocycles. The number of hydrogen-bond donors (Lipinski definition) is 0. The number of nitrogens with zero attached hydrogens (tertiary/aromatic N) is 1. The Morgan fingerprint density at radius 2 is 1.06 bits per heavy atom. The van der Waals surface area contributed by atoms with Crippen LogP contribution in [0.1, 0.15) is 30.5 Å². The van der Waals surface area contributed by atoms with Gasteiger partial charge in [0.25, 0.3) is 0 Å². The molecule has 0 bridgehead atoms. The minimum Gasteiger partial charge on any atom is -0.453 e. The Labute approximate surface area is 280 Å². The van der Waals surface area contributed by atoms with Crippen molar-refractivity contribution in [3.05, 3.63) is 162 Å². The van der Waals surface area contributed by atoms with Crippen molar-refractivity contribution in [3.63, 3.8) is 0 Å². The van der Waals surface area contributed by atoms with Gasteiger partial charge in [-0.15, -0.1) is 0 Å². The Morgan fingerprint density at radius 1 is 0.458 bits per heavy atom. The number of ether oxygens (including phenoxy) is 1. The molecular weight excluding hydrogens is 583 g/mol. The average molecular weight is 616 g/mol. The Kier molecular flexibility index (Phi) is 5.58. The van der Waals surface area contributed by atoms with Gasteiger partial charge in [0, 0.05) is 11.1 Å². The Hall–Kier alpha value is -5.86. The zero-order valence-corrected chi connectivity index (χ0v) is 27.2. The molecule has 0 atom stereocenters. The van der Waals surface area contributed by atoms with Gasteiger partial charge in [0.2, 0.25) is 0 Å². The molecule has 0 radical (unpaired) electrons.